The van der Waals surface area contributed by atoms with E-state index in [2.05, 4.69) is 22.4 Å². The van der Waals surface area contributed by atoms with Gasteiger partial charge < -0.3 is 14.5 Å². The van der Waals surface area contributed by atoms with Crippen LogP contribution in [0.1, 0.15) is 22.8 Å². The summed E-state index contributed by atoms with van der Waals surface area (Å²) in [6.07, 6.45) is 3.03. The van der Waals surface area contributed by atoms with Crippen LogP contribution in [-0.2, 0) is 4.74 Å². The second-order valence-corrected chi connectivity index (χ2v) is 6.36. The molecule has 1 atom stereocenters. The predicted molar refractivity (Wildman–Crippen MR) is 101 cm³/mol. The topological polar surface area (TPSA) is 64.4 Å². The van der Waals surface area contributed by atoms with E-state index in [0.29, 0.717) is 17.9 Å². The van der Waals surface area contributed by atoms with Crippen molar-refractivity contribution >= 4 is 5.91 Å². The number of benzene rings is 2. The fourth-order valence-corrected chi connectivity index (χ4v) is 2.77. The Hall–Kier alpha value is -2.92. The second kappa shape index (κ2) is 7.97. The van der Waals surface area contributed by atoms with E-state index >= 15 is 0 Å². The summed E-state index contributed by atoms with van der Waals surface area (Å²) in [7, 11) is 1.61. The molecule has 1 heterocycles. The number of ether oxygens (including phenoxy) is 1. The lowest BCUT2D eigenvalue weighted by Crippen LogP contribution is -2.35. The Morgan fingerprint density at radius 3 is 2.54 bits per heavy atom. The van der Waals surface area contributed by atoms with Crippen molar-refractivity contribution in [1.29, 1.82) is 0 Å². The lowest BCUT2D eigenvalue weighted by Gasteiger charge is -2.14. The van der Waals surface area contributed by atoms with Crippen molar-refractivity contribution in [2.45, 2.75) is 19.9 Å². The molecule has 1 unspecified atom stereocenters. The average Bonchev–Trinajstić information content (AvgIpc) is 3.17. The molecule has 5 nitrogen and oxygen atoms in total. The first-order chi connectivity index (χ1) is 12.6. The molecular weight excluding hydrogens is 328 g/mol. The maximum atomic E-state index is 12.7. The number of carbonyl (C=O) groups excluding carboxylic acids is 1. The van der Waals surface area contributed by atoms with E-state index in [4.69, 9.17) is 9.15 Å². The van der Waals surface area contributed by atoms with Crippen molar-refractivity contribution in [2.75, 3.05) is 13.7 Å². The third-order valence-electron chi connectivity index (χ3n) is 4.09. The zero-order valence-corrected chi connectivity index (χ0v) is 15.2. The second-order valence-electron chi connectivity index (χ2n) is 6.36. The van der Waals surface area contributed by atoms with Crippen molar-refractivity contribution < 1.29 is 13.9 Å². The molecule has 0 saturated heterocycles. The molecule has 0 aliphatic rings. The first-order valence-corrected chi connectivity index (χ1v) is 8.47. The highest BCUT2D eigenvalue weighted by Crippen LogP contribution is 2.28. The van der Waals surface area contributed by atoms with Crippen molar-refractivity contribution in [1.82, 2.24) is 10.3 Å². The van der Waals surface area contributed by atoms with E-state index in [9.17, 15) is 4.79 Å². The van der Waals surface area contributed by atoms with Gasteiger partial charge in [-0.2, -0.15) is 0 Å². The summed E-state index contributed by atoms with van der Waals surface area (Å²) in [6.45, 7) is 4.41. The molecule has 0 spiro atoms. The Bertz CT molecular complexity index is 871. The molecule has 0 saturated carbocycles. The molecule has 0 bridgehead atoms. The number of hydrogen-bond donors (Lipinski definition) is 1. The number of hydrogen-bond acceptors (Lipinski definition) is 4. The summed E-state index contributed by atoms with van der Waals surface area (Å²) >= 11 is 0. The quantitative estimate of drug-likeness (QED) is 0.727. The lowest BCUT2D eigenvalue weighted by molar-refractivity contribution is 0.0905. The normalized spacial score (nSPS) is 12.0. The molecule has 3 aromatic rings. The summed E-state index contributed by atoms with van der Waals surface area (Å²) in [4.78, 5) is 16.7. The number of oxazole rings is 1. The number of aromatic nitrogens is 1. The fraction of sp³-hybridized carbons (Fsp3) is 0.238. The fourth-order valence-electron chi connectivity index (χ4n) is 2.77. The van der Waals surface area contributed by atoms with Gasteiger partial charge >= 0.3 is 0 Å². The Morgan fingerprint density at radius 2 is 1.88 bits per heavy atom. The van der Waals surface area contributed by atoms with Gasteiger partial charge in [0.2, 0.25) is 0 Å². The largest absolute Gasteiger partial charge is 0.444 e. The molecule has 1 aromatic heterocycles. The number of nitrogens with one attached hydrogen (secondary N) is 1. The summed E-state index contributed by atoms with van der Waals surface area (Å²) in [5.41, 5.74) is 4.55. The van der Waals surface area contributed by atoms with E-state index in [1.54, 1.807) is 13.3 Å². The zero-order chi connectivity index (χ0) is 18.5. The minimum Gasteiger partial charge on any atom is -0.444 e. The lowest BCUT2D eigenvalue weighted by atomic mass is 9.97. The molecule has 0 fully saturated rings. The van der Waals surface area contributed by atoms with Crippen LogP contribution in [0.2, 0.25) is 0 Å². The van der Waals surface area contributed by atoms with Crippen molar-refractivity contribution in [2.24, 2.45) is 0 Å². The standard InChI is InChI=1S/C21H22N2O3/c1-14-4-6-16(7-5-14)17-8-18(20-11-22-13-26-20)10-19(9-17)21(24)23-15(2)12-25-3/h4-11,13,15H,12H2,1-3H3,(H,23,24). The maximum absolute atomic E-state index is 12.7. The number of nitrogens with zero attached hydrogens (tertiary/aromatic N) is 1. The van der Waals surface area contributed by atoms with Gasteiger partial charge in [0.15, 0.2) is 12.2 Å². The molecule has 2 aromatic carbocycles. The summed E-state index contributed by atoms with van der Waals surface area (Å²) in [6, 6.07) is 13.8. The molecule has 134 valence electrons. The SMILES string of the molecule is COCC(C)NC(=O)c1cc(-c2ccc(C)cc2)cc(-c2cnco2)c1. The Labute approximate surface area is 153 Å². The van der Waals surface area contributed by atoms with E-state index in [1.807, 2.05) is 44.2 Å². The van der Waals surface area contributed by atoms with E-state index in [1.165, 1.54) is 12.0 Å². The van der Waals surface area contributed by atoms with E-state index < -0.39 is 0 Å². The molecule has 5 heteroatoms. The Kier molecular flexibility index (Phi) is 5.49. The van der Waals surface area contributed by atoms with Gasteiger partial charge in [-0.15, -0.1) is 0 Å². The first-order valence-electron chi connectivity index (χ1n) is 8.47. The molecule has 26 heavy (non-hydrogen) atoms. The number of amides is 1. The number of methoxy groups -OCH3 is 1. The minimum atomic E-state index is -0.149. The highest BCUT2D eigenvalue weighted by molar-refractivity contribution is 5.97. The summed E-state index contributed by atoms with van der Waals surface area (Å²) < 4.78 is 10.5. The molecule has 1 amide bonds. The van der Waals surface area contributed by atoms with Gasteiger partial charge in [-0.25, -0.2) is 4.98 Å². The number of rotatable bonds is 6. The van der Waals surface area contributed by atoms with Crippen LogP contribution in [0.15, 0.2) is 59.5 Å². The molecule has 1 N–H and O–H groups in total. The maximum Gasteiger partial charge on any atom is 0.251 e. The molecule has 0 aliphatic heterocycles. The van der Waals surface area contributed by atoms with E-state index in [-0.39, 0.29) is 11.9 Å². The van der Waals surface area contributed by atoms with Gasteiger partial charge in [-0.1, -0.05) is 29.8 Å². The van der Waals surface area contributed by atoms with Crippen LogP contribution >= 0.6 is 0 Å². The van der Waals surface area contributed by atoms with Crippen LogP contribution in [0.3, 0.4) is 0 Å². The summed E-state index contributed by atoms with van der Waals surface area (Å²) in [5, 5.41) is 2.95. The van der Waals surface area contributed by atoms with Crippen LogP contribution in [0, 0.1) is 6.92 Å². The van der Waals surface area contributed by atoms with Crippen LogP contribution in [0.25, 0.3) is 22.5 Å². The van der Waals surface area contributed by atoms with Crippen molar-refractivity contribution in [3.05, 3.63) is 66.2 Å². The highest BCUT2D eigenvalue weighted by atomic mass is 16.5. The smallest absolute Gasteiger partial charge is 0.251 e. The summed E-state index contributed by atoms with van der Waals surface area (Å²) in [5.74, 6) is 0.474. The van der Waals surface area contributed by atoms with Gasteiger partial charge in [0.1, 0.15) is 0 Å². The van der Waals surface area contributed by atoms with Crippen molar-refractivity contribution in [3.8, 4) is 22.5 Å². The monoisotopic (exact) mass is 350 g/mol. The van der Waals surface area contributed by atoms with Gasteiger partial charge in [-0.3, -0.25) is 4.79 Å². The van der Waals surface area contributed by atoms with Crippen molar-refractivity contribution in [3.63, 3.8) is 0 Å². The number of carbonyl (C=O) groups is 1. The van der Waals surface area contributed by atoms with E-state index in [0.717, 1.165) is 16.7 Å². The van der Waals surface area contributed by atoms with Gasteiger partial charge in [0.25, 0.3) is 5.91 Å². The minimum absolute atomic E-state index is 0.0794. The van der Waals surface area contributed by atoms with Gasteiger partial charge in [0.05, 0.1) is 12.8 Å². The van der Waals surface area contributed by atoms with Crippen LogP contribution in [0.4, 0.5) is 0 Å². The highest BCUT2D eigenvalue weighted by Gasteiger charge is 2.14. The zero-order valence-electron chi connectivity index (χ0n) is 15.2. The molecule has 0 radical (unpaired) electrons. The molecule has 3 rings (SSSR count). The van der Waals surface area contributed by atoms with Gasteiger partial charge in [-0.05, 0) is 43.2 Å². The Morgan fingerprint density at radius 1 is 1.15 bits per heavy atom. The van der Waals surface area contributed by atoms with Crippen LogP contribution in [0.5, 0.6) is 0 Å². The third kappa shape index (κ3) is 4.18. The third-order valence-corrected chi connectivity index (χ3v) is 4.09. The average molecular weight is 350 g/mol. The van der Waals surface area contributed by atoms with Gasteiger partial charge in [0, 0.05) is 24.3 Å². The number of aryl methyl sites for hydroxylation is 1. The predicted octanol–water partition coefficient (Wildman–Crippen LogP) is 4.08. The van der Waals surface area contributed by atoms with Crippen LogP contribution < -0.4 is 5.32 Å². The Balaban J connectivity index is 2.00. The molecular formula is C21H22N2O3. The van der Waals surface area contributed by atoms with Crippen LogP contribution in [-0.4, -0.2) is 30.6 Å². The first kappa shape index (κ1) is 17.9. The molecule has 0 aliphatic carbocycles.